The van der Waals surface area contributed by atoms with Crippen LogP contribution in [0.25, 0.3) is 0 Å². The molecule has 0 bridgehead atoms. The van der Waals surface area contributed by atoms with Crippen LogP contribution in [0.1, 0.15) is 45.4 Å². The van der Waals surface area contributed by atoms with Gasteiger partial charge >= 0.3 is 0 Å². The van der Waals surface area contributed by atoms with Crippen molar-refractivity contribution in [2.24, 2.45) is 5.92 Å². The lowest BCUT2D eigenvalue weighted by Crippen LogP contribution is -2.51. The number of piperidine rings is 1. The lowest BCUT2D eigenvalue weighted by atomic mass is 9.78. The summed E-state index contributed by atoms with van der Waals surface area (Å²) in [6.07, 6.45) is 11.0. The molecule has 116 valence electrons. The Morgan fingerprint density at radius 1 is 1.33 bits per heavy atom. The van der Waals surface area contributed by atoms with Gasteiger partial charge < -0.3 is 9.64 Å². The van der Waals surface area contributed by atoms with Gasteiger partial charge in [-0.2, -0.15) is 5.10 Å². The van der Waals surface area contributed by atoms with E-state index in [4.69, 9.17) is 4.74 Å². The van der Waals surface area contributed by atoms with Crippen molar-refractivity contribution in [2.45, 2.75) is 58.0 Å². The monoisotopic (exact) mass is 291 g/mol. The van der Waals surface area contributed by atoms with Crippen LogP contribution in [0.2, 0.25) is 0 Å². The Morgan fingerprint density at radius 3 is 2.95 bits per heavy atom. The third kappa shape index (κ3) is 3.22. The molecule has 5 heteroatoms. The minimum atomic E-state index is 0.135. The van der Waals surface area contributed by atoms with Crippen LogP contribution in [0.4, 0.5) is 0 Å². The Labute approximate surface area is 126 Å². The molecule has 21 heavy (non-hydrogen) atoms. The highest BCUT2D eigenvalue weighted by Gasteiger charge is 2.35. The van der Waals surface area contributed by atoms with E-state index in [0.717, 1.165) is 25.4 Å². The molecule has 1 amide bonds. The number of likely N-dealkylation sites (tertiary alicyclic amines) is 1. The molecular weight excluding hydrogens is 266 g/mol. The largest absolute Gasteiger partial charge is 0.480 e. The number of hydrogen-bond donors (Lipinski definition) is 0. The molecule has 0 spiro atoms. The molecule has 0 aromatic carbocycles. The molecule has 1 aliphatic heterocycles. The summed E-state index contributed by atoms with van der Waals surface area (Å²) < 4.78 is 7.41. The fourth-order valence-electron chi connectivity index (χ4n) is 3.75. The van der Waals surface area contributed by atoms with Crippen LogP contribution < -0.4 is 4.74 Å². The van der Waals surface area contributed by atoms with Gasteiger partial charge in [0.1, 0.15) is 0 Å². The first kappa shape index (κ1) is 14.4. The van der Waals surface area contributed by atoms with E-state index >= 15 is 0 Å². The second kappa shape index (κ2) is 6.50. The SMILES string of the molecule is CCn1cc(OCC(=O)N2CCC[C@H]3CCCC[C@@H]32)cn1. The maximum Gasteiger partial charge on any atom is 0.260 e. The number of fused-ring (bicyclic) bond motifs is 1. The minimum absolute atomic E-state index is 0.135. The summed E-state index contributed by atoms with van der Waals surface area (Å²) in [6, 6.07) is 0.460. The number of hydrogen-bond acceptors (Lipinski definition) is 3. The Bertz CT molecular complexity index is 484. The summed E-state index contributed by atoms with van der Waals surface area (Å²) in [5.74, 6) is 1.54. The van der Waals surface area contributed by atoms with Gasteiger partial charge in [0.25, 0.3) is 5.91 Å². The molecule has 2 atom stereocenters. The Morgan fingerprint density at radius 2 is 2.14 bits per heavy atom. The molecule has 1 saturated heterocycles. The molecular formula is C16H25N3O2. The second-order valence-corrected chi connectivity index (χ2v) is 6.16. The molecule has 2 heterocycles. The number of rotatable bonds is 4. The molecule has 5 nitrogen and oxygen atoms in total. The number of amides is 1. The molecule has 1 aromatic rings. The number of aryl methyl sites for hydroxylation is 1. The standard InChI is InChI=1S/C16H25N3O2/c1-2-18-11-14(10-17-18)21-12-16(20)19-9-5-7-13-6-3-4-8-15(13)19/h10-11,13,15H,2-9,12H2,1H3/t13-,15+/m1/s1. The smallest absolute Gasteiger partial charge is 0.260 e. The van der Waals surface area contributed by atoms with Crippen molar-refractivity contribution in [3.8, 4) is 5.75 Å². The van der Waals surface area contributed by atoms with Gasteiger partial charge in [-0.05, 0) is 38.5 Å². The van der Waals surface area contributed by atoms with Gasteiger partial charge in [0.2, 0.25) is 0 Å². The molecule has 2 fully saturated rings. The van der Waals surface area contributed by atoms with Crippen molar-refractivity contribution < 1.29 is 9.53 Å². The van der Waals surface area contributed by atoms with E-state index in [1.54, 1.807) is 10.9 Å². The zero-order chi connectivity index (χ0) is 14.7. The highest BCUT2D eigenvalue weighted by Crippen LogP contribution is 2.35. The van der Waals surface area contributed by atoms with Gasteiger partial charge in [-0.1, -0.05) is 12.8 Å². The molecule has 0 radical (unpaired) electrons. The van der Waals surface area contributed by atoms with Gasteiger partial charge in [0.05, 0.1) is 12.4 Å². The second-order valence-electron chi connectivity index (χ2n) is 6.16. The van der Waals surface area contributed by atoms with Crippen LogP contribution in [0.5, 0.6) is 5.75 Å². The van der Waals surface area contributed by atoms with Gasteiger partial charge in [0, 0.05) is 19.1 Å². The van der Waals surface area contributed by atoms with Crippen molar-refractivity contribution in [1.29, 1.82) is 0 Å². The number of nitrogens with zero attached hydrogens (tertiary/aromatic N) is 3. The van der Waals surface area contributed by atoms with Crippen LogP contribution in [0.3, 0.4) is 0 Å². The van der Waals surface area contributed by atoms with E-state index in [9.17, 15) is 4.79 Å². The predicted octanol–water partition coefficient (Wildman–Crippen LogP) is 2.46. The van der Waals surface area contributed by atoms with Crippen LogP contribution in [0.15, 0.2) is 12.4 Å². The van der Waals surface area contributed by atoms with Gasteiger partial charge in [-0.3, -0.25) is 9.48 Å². The Balaban J connectivity index is 1.56. The molecule has 1 saturated carbocycles. The van der Waals surface area contributed by atoms with E-state index in [1.807, 2.05) is 13.1 Å². The van der Waals surface area contributed by atoms with Crippen LogP contribution >= 0.6 is 0 Å². The van der Waals surface area contributed by atoms with Gasteiger partial charge in [-0.15, -0.1) is 0 Å². The summed E-state index contributed by atoms with van der Waals surface area (Å²) in [5.41, 5.74) is 0. The number of carbonyl (C=O) groups is 1. The third-order valence-corrected chi connectivity index (χ3v) is 4.86. The Hall–Kier alpha value is -1.52. The predicted molar refractivity (Wildman–Crippen MR) is 80.1 cm³/mol. The van der Waals surface area contributed by atoms with Crippen LogP contribution in [-0.2, 0) is 11.3 Å². The topological polar surface area (TPSA) is 47.4 Å². The average molecular weight is 291 g/mol. The van der Waals surface area contributed by atoms with Crippen LogP contribution in [0, 0.1) is 5.92 Å². The first-order valence-electron chi connectivity index (χ1n) is 8.22. The highest BCUT2D eigenvalue weighted by molar-refractivity contribution is 5.78. The zero-order valence-electron chi connectivity index (χ0n) is 12.8. The summed E-state index contributed by atoms with van der Waals surface area (Å²) >= 11 is 0. The normalized spacial score (nSPS) is 25.5. The summed E-state index contributed by atoms with van der Waals surface area (Å²) in [4.78, 5) is 14.6. The van der Waals surface area contributed by atoms with E-state index in [-0.39, 0.29) is 12.5 Å². The zero-order valence-corrected chi connectivity index (χ0v) is 12.8. The highest BCUT2D eigenvalue weighted by atomic mass is 16.5. The van der Waals surface area contributed by atoms with Gasteiger partial charge in [-0.25, -0.2) is 0 Å². The van der Waals surface area contributed by atoms with Crippen molar-refractivity contribution in [2.75, 3.05) is 13.2 Å². The van der Waals surface area contributed by atoms with E-state index in [1.165, 1.54) is 32.1 Å². The van der Waals surface area contributed by atoms with E-state index in [0.29, 0.717) is 11.8 Å². The lowest BCUT2D eigenvalue weighted by Gasteiger charge is -2.44. The number of ether oxygens (including phenoxy) is 1. The third-order valence-electron chi connectivity index (χ3n) is 4.86. The fraction of sp³-hybridized carbons (Fsp3) is 0.750. The number of aromatic nitrogens is 2. The first-order valence-corrected chi connectivity index (χ1v) is 8.22. The van der Waals surface area contributed by atoms with Gasteiger partial charge in [0.15, 0.2) is 12.4 Å². The average Bonchev–Trinajstić information content (AvgIpc) is 3.00. The molecule has 0 unspecified atom stereocenters. The van der Waals surface area contributed by atoms with E-state index < -0.39 is 0 Å². The van der Waals surface area contributed by atoms with E-state index in [2.05, 4.69) is 10.00 Å². The molecule has 3 rings (SSSR count). The number of carbonyl (C=O) groups excluding carboxylic acids is 1. The van der Waals surface area contributed by atoms with Crippen molar-refractivity contribution in [3.05, 3.63) is 12.4 Å². The molecule has 0 N–H and O–H groups in total. The maximum atomic E-state index is 12.5. The minimum Gasteiger partial charge on any atom is -0.480 e. The lowest BCUT2D eigenvalue weighted by molar-refractivity contribution is -0.139. The van der Waals surface area contributed by atoms with Crippen LogP contribution in [-0.4, -0.2) is 39.8 Å². The molecule has 2 aliphatic rings. The quantitative estimate of drug-likeness (QED) is 0.856. The molecule has 1 aliphatic carbocycles. The molecule has 1 aromatic heterocycles. The Kier molecular flexibility index (Phi) is 4.46. The maximum absolute atomic E-state index is 12.5. The summed E-state index contributed by atoms with van der Waals surface area (Å²) in [5, 5.41) is 4.16. The fourth-order valence-corrected chi connectivity index (χ4v) is 3.75. The van der Waals surface area contributed by atoms with Crippen molar-refractivity contribution >= 4 is 5.91 Å². The van der Waals surface area contributed by atoms with Crippen molar-refractivity contribution in [1.82, 2.24) is 14.7 Å². The summed E-state index contributed by atoms with van der Waals surface area (Å²) in [7, 11) is 0. The van der Waals surface area contributed by atoms with Crippen molar-refractivity contribution in [3.63, 3.8) is 0 Å². The summed E-state index contributed by atoms with van der Waals surface area (Å²) in [6.45, 7) is 3.88. The first-order chi connectivity index (χ1) is 10.3.